The fraction of sp³-hybridized carbons (Fsp3) is 0.300. The maximum absolute atomic E-state index is 13.0. The van der Waals surface area contributed by atoms with Gasteiger partial charge in [-0.25, -0.2) is 14.5 Å². The number of carbonyl (C=O) groups excluding carboxylic acids is 2. The average Bonchev–Trinajstić information content (AvgIpc) is 3.34. The van der Waals surface area contributed by atoms with Crippen molar-refractivity contribution >= 4 is 11.9 Å². The molecule has 0 radical (unpaired) electrons. The molecular weight excluding hydrogens is 358 g/mol. The molecule has 0 spiro atoms. The second-order valence-corrected chi connectivity index (χ2v) is 6.64. The first-order valence-electron chi connectivity index (χ1n) is 8.84. The molecule has 0 saturated carbocycles. The Bertz CT molecular complexity index is 990. The minimum absolute atomic E-state index is 0.165. The Balaban J connectivity index is 1.82. The maximum atomic E-state index is 13.0. The largest absolute Gasteiger partial charge is 0.465 e. The molecule has 1 N–H and O–H groups in total. The molecule has 28 heavy (non-hydrogen) atoms. The molecule has 2 heterocycles. The Morgan fingerprint density at radius 3 is 2.46 bits per heavy atom. The molecule has 0 fully saturated rings. The number of methoxy groups -OCH3 is 1. The van der Waals surface area contributed by atoms with Crippen molar-refractivity contribution in [3.63, 3.8) is 0 Å². The molecule has 8 heteroatoms. The highest BCUT2D eigenvalue weighted by atomic mass is 16.5. The molecule has 8 nitrogen and oxygen atoms in total. The Hall–Kier alpha value is -3.42. The van der Waals surface area contributed by atoms with Crippen LogP contribution in [0, 0.1) is 13.8 Å². The maximum Gasteiger partial charge on any atom is 0.339 e. The Morgan fingerprint density at radius 2 is 1.89 bits per heavy atom. The summed E-state index contributed by atoms with van der Waals surface area (Å²) in [5.41, 5.74) is 3.88. The number of hydrogen-bond acceptors (Lipinski definition) is 5. The number of aryl methyl sites for hydroxylation is 1. The molecule has 3 aromatic rings. The van der Waals surface area contributed by atoms with E-state index < -0.39 is 5.97 Å². The summed E-state index contributed by atoms with van der Waals surface area (Å²) in [6, 6.07) is 7.61. The van der Waals surface area contributed by atoms with Gasteiger partial charge < -0.3 is 14.6 Å². The lowest BCUT2D eigenvalue weighted by molar-refractivity contribution is 0.0599. The van der Waals surface area contributed by atoms with Gasteiger partial charge in [0.2, 0.25) is 0 Å². The molecule has 2 aromatic heterocycles. The van der Waals surface area contributed by atoms with Gasteiger partial charge in [0.05, 0.1) is 24.4 Å². The summed E-state index contributed by atoms with van der Waals surface area (Å²) in [5, 5.41) is 4.10. The lowest BCUT2D eigenvalue weighted by atomic mass is 10.1. The fourth-order valence-corrected chi connectivity index (χ4v) is 3.20. The number of ether oxygens (including phenoxy) is 1. The number of H-pyrrole nitrogens is 1. The molecule has 1 atom stereocenters. The average molecular weight is 381 g/mol. The summed E-state index contributed by atoms with van der Waals surface area (Å²) >= 11 is 0. The zero-order chi connectivity index (χ0) is 20.4. The third kappa shape index (κ3) is 3.40. The molecular formula is C20H23N5O3. The van der Waals surface area contributed by atoms with E-state index in [0.717, 1.165) is 11.3 Å². The molecule has 0 aliphatic heterocycles. The van der Waals surface area contributed by atoms with Crippen LogP contribution in [0.5, 0.6) is 0 Å². The quantitative estimate of drug-likeness (QED) is 0.686. The Labute approximate surface area is 163 Å². The number of aromatic amines is 1. The predicted molar refractivity (Wildman–Crippen MR) is 103 cm³/mol. The van der Waals surface area contributed by atoms with Crippen LogP contribution in [0.4, 0.5) is 0 Å². The van der Waals surface area contributed by atoms with Crippen molar-refractivity contribution in [3.05, 3.63) is 65.0 Å². The summed E-state index contributed by atoms with van der Waals surface area (Å²) in [6.07, 6.45) is 3.11. The van der Waals surface area contributed by atoms with Crippen molar-refractivity contribution < 1.29 is 14.3 Å². The van der Waals surface area contributed by atoms with Crippen molar-refractivity contribution in [2.45, 2.75) is 26.8 Å². The number of nitrogens with one attached hydrogen (secondary N) is 1. The number of hydrogen-bond donors (Lipinski definition) is 1. The summed E-state index contributed by atoms with van der Waals surface area (Å²) in [6.45, 7) is 5.45. The first-order chi connectivity index (χ1) is 13.3. The standard InChI is InChI=1S/C20H23N5O3/c1-12-17(20(27)28-5)13(2)23-18(12)19(26)24(4)14(3)15-6-8-16(9-7-15)25-11-21-10-22-25/h6-11,14,23H,1-5H3. The van der Waals surface area contributed by atoms with E-state index in [2.05, 4.69) is 15.1 Å². The van der Waals surface area contributed by atoms with Crippen molar-refractivity contribution in [1.82, 2.24) is 24.6 Å². The SMILES string of the molecule is COC(=O)c1c(C)[nH]c(C(=O)N(C)C(C)c2ccc(-n3cncn3)cc2)c1C. The van der Waals surface area contributed by atoms with E-state index in [1.54, 1.807) is 36.8 Å². The topological polar surface area (TPSA) is 93.1 Å². The molecule has 3 rings (SSSR count). The van der Waals surface area contributed by atoms with Crippen LogP contribution >= 0.6 is 0 Å². The van der Waals surface area contributed by atoms with E-state index in [4.69, 9.17) is 4.74 Å². The molecule has 1 amide bonds. The third-order valence-electron chi connectivity index (χ3n) is 5.00. The number of benzene rings is 1. The lowest BCUT2D eigenvalue weighted by Crippen LogP contribution is -2.30. The van der Waals surface area contributed by atoms with Gasteiger partial charge in [-0.2, -0.15) is 5.10 Å². The number of amides is 1. The summed E-state index contributed by atoms with van der Waals surface area (Å²) in [7, 11) is 3.07. The smallest absolute Gasteiger partial charge is 0.339 e. The van der Waals surface area contributed by atoms with E-state index >= 15 is 0 Å². The second kappa shape index (κ2) is 7.67. The van der Waals surface area contributed by atoms with Crippen LogP contribution in [0.1, 0.15) is 50.6 Å². The van der Waals surface area contributed by atoms with Gasteiger partial charge in [0, 0.05) is 12.7 Å². The van der Waals surface area contributed by atoms with Crippen molar-refractivity contribution in [2.24, 2.45) is 0 Å². The number of carbonyl (C=O) groups is 2. The van der Waals surface area contributed by atoms with Crippen molar-refractivity contribution in [1.29, 1.82) is 0 Å². The van der Waals surface area contributed by atoms with Crippen LogP contribution in [0.2, 0.25) is 0 Å². The molecule has 0 aliphatic carbocycles. The minimum Gasteiger partial charge on any atom is -0.465 e. The highest BCUT2D eigenvalue weighted by Gasteiger charge is 2.26. The van der Waals surface area contributed by atoms with Crippen LogP contribution in [0.25, 0.3) is 5.69 Å². The summed E-state index contributed by atoms with van der Waals surface area (Å²) < 4.78 is 6.48. The van der Waals surface area contributed by atoms with Gasteiger partial charge in [0.25, 0.3) is 5.91 Å². The Kier molecular flexibility index (Phi) is 5.30. The van der Waals surface area contributed by atoms with Gasteiger partial charge in [-0.3, -0.25) is 4.79 Å². The van der Waals surface area contributed by atoms with Crippen LogP contribution in [-0.4, -0.2) is 50.7 Å². The third-order valence-corrected chi connectivity index (χ3v) is 5.00. The van der Waals surface area contributed by atoms with Gasteiger partial charge in [-0.1, -0.05) is 12.1 Å². The second-order valence-electron chi connectivity index (χ2n) is 6.64. The summed E-state index contributed by atoms with van der Waals surface area (Å²) in [5.74, 6) is -0.645. The fourth-order valence-electron chi connectivity index (χ4n) is 3.20. The van der Waals surface area contributed by atoms with Crippen LogP contribution < -0.4 is 0 Å². The van der Waals surface area contributed by atoms with Crippen molar-refractivity contribution in [2.75, 3.05) is 14.2 Å². The first-order valence-corrected chi connectivity index (χ1v) is 8.84. The number of aromatic nitrogens is 4. The van der Waals surface area contributed by atoms with E-state index in [9.17, 15) is 9.59 Å². The molecule has 0 saturated heterocycles. The van der Waals surface area contributed by atoms with Crippen LogP contribution in [0.15, 0.2) is 36.9 Å². The minimum atomic E-state index is -0.454. The van der Waals surface area contributed by atoms with Gasteiger partial charge in [-0.05, 0) is 44.0 Å². The van der Waals surface area contributed by atoms with Gasteiger partial charge in [0.1, 0.15) is 18.3 Å². The van der Waals surface area contributed by atoms with Crippen LogP contribution in [-0.2, 0) is 4.74 Å². The van der Waals surface area contributed by atoms with Crippen molar-refractivity contribution in [3.8, 4) is 5.69 Å². The number of rotatable bonds is 5. The predicted octanol–water partition coefficient (Wildman–Crippen LogP) is 2.83. The molecule has 1 unspecified atom stereocenters. The van der Waals surface area contributed by atoms with Gasteiger partial charge in [-0.15, -0.1) is 0 Å². The highest BCUT2D eigenvalue weighted by Crippen LogP contribution is 2.25. The van der Waals surface area contributed by atoms with E-state index in [0.29, 0.717) is 22.5 Å². The van der Waals surface area contributed by atoms with E-state index in [1.165, 1.54) is 13.4 Å². The zero-order valence-corrected chi connectivity index (χ0v) is 16.6. The lowest BCUT2D eigenvalue weighted by Gasteiger charge is -2.25. The highest BCUT2D eigenvalue weighted by molar-refractivity contribution is 6.00. The summed E-state index contributed by atoms with van der Waals surface area (Å²) in [4.78, 5) is 33.6. The molecule has 146 valence electrons. The van der Waals surface area contributed by atoms with E-state index in [1.807, 2.05) is 31.2 Å². The number of nitrogens with zero attached hydrogens (tertiary/aromatic N) is 4. The zero-order valence-electron chi connectivity index (χ0n) is 16.6. The number of esters is 1. The van der Waals surface area contributed by atoms with Crippen LogP contribution in [0.3, 0.4) is 0 Å². The van der Waals surface area contributed by atoms with Gasteiger partial charge >= 0.3 is 5.97 Å². The van der Waals surface area contributed by atoms with E-state index in [-0.39, 0.29) is 11.9 Å². The molecule has 0 bridgehead atoms. The monoisotopic (exact) mass is 381 g/mol. The first kappa shape index (κ1) is 19.3. The normalized spacial score (nSPS) is 11.9. The molecule has 1 aromatic carbocycles. The molecule has 0 aliphatic rings. The van der Waals surface area contributed by atoms with Gasteiger partial charge in [0.15, 0.2) is 0 Å². The Morgan fingerprint density at radius 1 is 1.21 bits per heavy atom.